The third-order valence-electron chi connectivity index (χ3n) is 3.56. The van der Waals surface area contributed by atoms with Crippen molar-refractivity contribution in [1.29, 1.82) is 0 Å². The van der Waals surface area contributed by atoms with Crippen LogP contribution in [0.25, 0.3) is 27.6 Å². The standard InChI is InChI=1S/C19H12FN3OS2/c20-13-7-5-12(6-8-13)15-11-25-19(22-15)23-17(24)9-10-18-21-14-3-1-2-4-16(14)26-18/h1-11H,(H,22,23,24)/b10-9+. The Bertz CT molecular complexity index is 1070. The number of hydrogen-bond acceptors (Lipinski definition) is 5. The van der Waals surface area contributed by atoms with Crippen LogP contribution in [0.4, 0.5) is 9.52 Å². The van der Waals surface area contributed by atoms with Crippen LogP contribution in [0.2, 0.25) is 0 Å². The Morgan fingerprint density at radius 1 is 1.08 bits per heavy atom. The Kier molecular flexibility index (Phi) is 4.55. The number of halogens is 1. The van der Waals surface area contributed by atoms with Gasteiger partial charge in [0.1, 0.15) is 10.8 Å². The first-order valence-electron chi connectivity index (χ1n) is 7.73. The van der Waals surface area contributed by atoms with Crippen molar-refractivity contribution in [1.82, 2.24) is 9.97 Å². The molecule has 0 aliphatic heterocycles. The van der Waals surface area contributed by atoms with E-state index < -0.39 is 0 Å². The zero-order valence-electron chi connectivity index (χ0n) is 13.3. The molecule has 0 radical (unpaired) electrons. The molecule has 1 amide bonds. The van der Waals surface area contributed by atoms with Gasteiger partial charge in [-0.25, -0.2) is 14.4 Å². The van der Waals surface area contributed by atoms with Crippen molar-refractivity contribution in [3.8, 4) is 11.3 Å². The first-order chi connectivity index (χ1) is 12.7. The van der Waals surface area contributed by atoms with Gasteiger partial charge >= 0.3 is 0 Å². The van der Waals surface area contributed by atoms with Gasteiger partial charge in [-0.05, 0) is 42.5 Å². The van der Waals surface area contributed by atoms with Gasteiger partial charge in [-0.1, -0.05) is 12.1 Å². The van der Waals surface area contributed by atoms with Crippen molar-refractivity contribution in [3.05, 3.63) is 70.8 Å². The summed E-state index contributed by atoms with van der Waals surface area (Å²) in [5.41, 5.74) is 2.41. The Morgan fingerprint density at radius 3 is 2.69 bits per heavy atom. The molecule has 2 heterocycles. The van der Waals surface area contributed by atoms with E-state index in [1.165, 1.54) is 40.9 Å². The number of benzene rings is 2. The van der Waals surface area contributed by atoms with Gasteiger partial charge in [-0.2, -0.15) is 0 Å². The molecule has 0 bridgehead atoms. The molecule has 128 valence electrons. The second-order valence-electron chi connectivity index (χ2n) is 5.39. The first kappa shape index (κ1) is 16.6. The SMILES string of the molecule is O=C(/C=C/c1nc2ccccc2s1)Nc1nc(-c2ccc(F)cc2)cs1. The van der Waals surface area contributed by atoms with Gasteiger partial charge in [0.15, 0.2) is 5.13 Å². The van der Waals surface area contributed by atoms with Crippen LogP contribution in [0, 0.1) is 5.82 Å². The van der Waals surface area contributed by atoms with Gasteiger partial charge in [0, 0.05) is 17.0 Å². The van der Waals surface area contributed by atoms with Gasteiger partial charge in [0.05, 0.1) is 15.9 Å². The highest BCUT2D eigenvalue weighted by Crippen LogP contribution is 2.25. The predicted molar refractivity (Wildman–Crippen MR) is 105 cm³/mol. The molecular formula is C19H12FN3OS2. The minimum absolute atomic E-state index is 0.274. The smallest absolute Gasteiger partial charge is 0.250 e. The lowest BCUT2D eigenvalue weighted by Gasteiger charge is -1.97. The molecule has 0 aliphatic rings. The summed E-state index contributed by atoms with van der Waals surface area (Å²) in [5.74, 6) is -0.568. The van der Waals surface area contributed by atoms with Crippen molar-refractivity contribution < 1.29 is 9.18 Å². The van der Waals surface area contributed by atoms with Crippen molar-refractivity contribution in [2.24, 2.45) is 0 Å². The molecule has 7 heteroatoms. The molecule has 4 rings (SSSR count). The van der Waals surface area contributed by atoms with Crippen molar-refractivity contribution in [2.45, 2.75) is 0 Å². The lowest BCUT2D eigenvalue weighted by molar-refractivity contribution is -0.111. The molecule has 2 aromatic heterocycles. The highest BCUT2D eigenvalue weighted by molar-refractivity contribution is 7.19. The van der Waals surface area contributed by atoms with E-state index in [2.05, 4.69) is 15.3 Å². The molecule has 0 fully saturated rings. The molecule has 1 N–H and O–H groups in total. The summed E-state index contributed by atoms with van der Waals surface area (Å²) in [4.78, 5) is 20.9. The van der Waals surface area contributed by atoms with Crippen molar-refractivity contribution >= 4 is 50.0 Å². The van der Waals surface area contributed by atoms with E-state index in [1.807, 2.05) is 29.6 Å². The first-order valence-corrected chi connectivity index (χ1v) is 9.43. The fourth-order valence-electron chi connectivity index (χ4n) is 2.34. The zero-order valence-corrected chi connectivity index (χ0v) is 15.0. The van der Waals surface area contributed by atoms with Crippen molar-refractivity contribution in [3.63, 3.8) is 0 Å². The third kappa shape index (κ3) is 3.68. The number of amides is 1. The lowest BCUT2D eigenvalue weighted by atomic mass is 10.2. The second kappa shape index (κ2) is 7.15. The van der Waals surface area contributed by atoms with Crippen LogP contribution >= 0.6 is 22.7 Å². The summed E-state index contributed by atoms with van der Waals surface area (Å²) in [6.07, 6.45) is 3.13. The molecular weight excluding hydrogens is 369 g/mol. The average Bonchev–Trinajstić information content (AvgIpc) is 3.27. The maximum Gasteiger partial charge on any atom is 0.250 e. The van der Waals surface area contributed by atoms with Gasteiger partial charge < -0.3 is 0 Å². The van der Waals surface area contributed by atoms with E-state index >= 15 is 0 Å². The number of hydrogen-bond donors (Lipinski definition) is 1. The monoisotopic (exact) mass is 381 g/mol. The van der Waals surface area contributed by atoms with Gasteiger partial charge in [-0.3, -0.25) is 10.1 Å². The number of carbonyl (C=O) groups excluding carboxylic acids is 1. The Hall–Kier alpha value is -2.90. The number of nitrogens with one attached hydrogen (secondary N) is 1. The van der Waals surface area contributed by atoms with E-state index in [-0.39, 0.29) is 11.7 Å². The Labute approximate surface area is 156 Å². The molecule has 0 atom stereocenters. The number of anilines is 1. The van der Waals surface area contributed by atoms with E-state index in [0.717, 1.165) is 20.8 Å². The van der Waals surface area contributed by atoms with E-state index in [9.17, 15) is 9.18 Å². The highest BCUT2D eigenvalue weighted by atomic mass is 32.1. The quantitative estimate of drug-likeness (QED) is 0.494. The number of thiazole rings is 2. The Morgan fingerprint density at radius 2 is 1.88 bits per heavy atom. The number of aromatic nitrogens is 2. The zero-order chi connectivity index (χ0) is 17.9. The summed E-state index contributed by atoms with van der Waals surface area (Å²) in [7, 11) is 0. The van der Waals surface area contributed by atoms with Gasteiger partial charge in [0.2, 0.25) is 5.91 Å². The average molecular weight is 381 g/mol. The largest absolute Gasteiger partial charge is 0.298 e. The number of nitrogens with zero attached hydrogens (tertiary/aromatic N) is 2. The molecule has 4 aromatic rings. The molecule has 2 aromatic carbocycles. The van der Waals surface area contributed by atoms with E-state index in [1.54, 1.807) is 18.2 Å². The van der Waals surface area contributed by atoms with Crippen LogP contribution < -0.4 is 5.32 Å². The van der Waals surface area contributed by atoms with Crippen LogP contribution in [-0.2, 0) is 4.79 Å². The fraction of sp³-hybridized carbons (Fsp3) is 0. The molecule has 0 saturated carbocycles. The molecule has 0 aliphatic carbocycles. The summed E-state index contributed by atoms with van der Waals surface area (Å²) in [5, 5.41) is 5.81. The summed E-state index contributed by atoms with van der Waals surface area (Å²) in [6, 6.07) is 13.9. The lowest BCUT2D eigenvalue weighted by Crippen LogP contribution is -2.07. The van der Waals surface area contributed by atoms with Crippen LogP contribution in [0.3, 0.4) is 0 Å². The molecule has 26 heavy (non-hydrogen) atoms. The van der Waals surface area contributed by atoms with E-state index in [0.29, 0.717) is 10.8 Å². The van der Waals surface area contributed by atoms with E-state index in [4.69, 9.17) is 0 Å². The topological polar surface area (TPSA) is 54.9 Å². The second-order valence-corrected chi connectivity index (χ2v) is 7.31. The number of rotatable bonds is 4. The van der Waals surface area contributed by atoms with Gasteiger partial charge in [-0.15, -0.1) is 22.7 Å². The van der Waals surface area contributed by atoms with Crippen LogP contribution in [0.15, 0.2) is 60.0 Å². The number of carbonyl (C=O) groups is 1. The molecule has 0 saturated heterocycles. The minimum atomic E-state index is -0.294. The third-order valence-corrected chi connectivity index (χ3v) is 5.32. The van der Waals surface area contributed by atoms with Crippen LogP contribution in [0.5, 0.6) is 0 Å². The highest BCUT2D eigenvalue weighted by Gasteiger charge is 2.07. The molecule has 0 spiro atoms. The van der Waals surface area contributed by atoms with Crippen molar-refractivity contribution in [2.75, 3.05) is 5.32 Å². The maximum atomic E-state index is 13.0. The number of fused-ring (bicyclic) bond motifs is 1. The predicted octanol–water partition coefficient (Wildman–Crippen LogP) is 5.21. The number of para-hydroxylation sites is 1. The summed E-state index contributed by atoms with van der Waals surface area (Å²) >= 11 is 2.85. The minimum Gasteiger partial charge on any atom is -0.298 e. The molecule has 4 nitrogen and oxygen atoms in total. The van der Waals surface area contributed by atoms with Crippen LogP contribution in [0.1, 0.15) is 5.01 Å². The van der Waals surface area contributed by atoms with Crippen LogP contribution in [-0.4, -0.2) is 15.9 Å². The fourth-order valence-corrected chi connectivity index (χ4v) is 3.93. The molecule has 0 unspecified atom stereocenters. The Balaban J connectivity index is 1.44. The summed E-state index contributed by atoms with van der Waals surface area (Å²) < 4.78 is 14.1. The maximum absolute atomic E-state index is 13.0. The normalized spacial score (nSPS) is 11.3. The van der Waals surface area contributed by atoms with Gasteiger partial charge in [0.25, 0.3) is 0 Å². The summed E-state index contributed by atoms with van der Waals surface area (Å²) in [6.45, 7) is 0.